The Balaban J connectivity index is 0.499. The molecule has 4 fully saturated rings. The number of aliphatic hydroxyl groups is 3. The maximum absolute atomic E-state index is 15.0. The van der Waals surface area contributed by atoms with Gasteiger partial charge in [-0.2, -0.15) is 10.3 Å². The number of epoxide rings is 1. The number of anilines is 2. The molecular formula is C110H123ClN16O17S. The molecule has 10 aromatic rings. The number of carbonyl (C=O) groups is 7. The molecule has 7 N–H and O–H groups in total. The molecule has 35 heteroatoms. The highest BCUT2D eigenvalue weighted by molar-refractivity contribution is 8.08. The number of phenols is 1. The Morgan fingerprint density at radius 1 is 0.752 bits per heavy atom. The number of rotatable bonds is 36. The van der Waals surface area contributed by atoms with Crippen molar-refractivity contribution in [1.82, 2.24) is 65.3 Å². The quantitative estimate of drug-likeness (QED) is 0.00630. The van der Waals surface area contributed by atoms with Gasteiger partial charge >= 0.3 is 18.2 Å². The molecule has 16 rings (SSSR count). The minimum Gasteiger partial charge on any atom is -0.506 e. The normalized spacial score (nSPS) is 23.7. The van der Waals surface area contributed by atoms with Crippen molar-refractivity contribution in [2.24, 2.45) is 35.5 Å². The van der Waals surface area contributed by atoms with E-state index in [0.29, 0.717) is 98.3 Å². The number of hydroxylamine groups is 2. The molecule has 5 aromatic carbocycles. The maximum atomic E-state index is 15.0. The topological polar surface area (TPSA) is 417 Å². The van der Waals surface area contributed by atoms with Gasteiger partial charge in [0.1, 0.15) is 40.7 Å². The zero-order valence-electron chi connectivity index (χ0n) is 82.2. The number of halogens is 1. The van der Waals surface area contributed by atoms with Crippen molar-refractivity contribution in [2.45, 2.75) is 205 Å². The van der Waals surface area contributed by atoms with Crippen LogP contribution in [0.5, 0.6) is 11.5 Å². The lowest BCUT2D eigenvalue weighted by atomic mass is 9.83. The number of nitrogens with one attached hydrogen (secondary N) is 3. The van der Waals surface area contributed by atoms with E-state index in [9.17, 15) is 59.2 Å². The molecule has 2 saturated heterocycles. The number of alkyl carbamates (subject to hydrolysis) is 1. The van der Waals surface area contributed by atoms with E-state index >= 15 is 0 Å². The Labute approximate surface area is 852 Å². The average molecular weight is 2010 g/mol. The van der Waals surface area contributed by atoms with Gasteiger partial charge in [-0.15, -0.1) is 16.9 Å². The number of nitrogens with zero attached hydrogens (tertiary/aromatic N) is 13. The number of ether oxygens (including phenoxy) is 5. The minimum atomic E-state index is -1.92. The van der Waals surface area contributed by atoms with E-state index < -0.39 is 108 Å². The minimum absolute atomic E-state index is 0.0394. The van der Waals surface area contributed by atoms with Crippen molar-refractivity contribution < 1.29 is 82.5 Å². The lowest BCUT2D eigenvalue weighted by Gasteiger charge is -2.42. The summed E-state index contributed by atoms with van der Waals surface area (Å²) in [6.07, 6.45) is 8.26. The van der Waals surface area contributed by atoms with Gasteiger partial charge in [0.05, 0.1) is 83.8 Å². The van der Waals surface area contributed by atoms with Crippen LogP contribution in [0, 0.1) is 46.8 Å². The van der Waals surface area contributed by atoms with Crippen molar-refractivity contribution >= 4 is 81.4 Å². The predicted molar refractivity (Wildman–Crippen MR) is 543 cm³/mol. The number of pyridine rings is 4. The Bertz CT molecular complexity index is 6150. The predicted octanol–water partition coefficient (Wildman–Crippen LogP) is 14.4. The standard InChI is InChI=1S/C110H123ClN16O17S/c1-69-20-19-27-96(139-7)110(138)59-94(141-108(137)119-110)70(2)105-109(4,143-105)97(58-101(132)123(6)92-54-73(50-69)55-93(128)102(92)111)142-106(135)71(3)122(5)99(130)42-49-145-95(40-43-112)78-32-34-81(35-33-78)118-107(136)140-68-89-87-36-38-90-91(39-37-88(87)89)126(121-120-90)63-80-56-79(103(133)104(80)134)57-98(129)117-48-41-100(131)127(62-72-28-30-77(31-29-72)76-21-9-8-10-22-76)144-86-52-74(60-124(64-82-23-11-15-44-113-82)65-83-24-12-16-45-114-83)51-75(53-86)61-125(66-84-25-13-17-46-115-84)67-85-26-14-18-47-116-85/h8-35,40,44-47,51-55,70-71,79-80,87-89,94,96-97,103-105,128,133-134,138H,36-39,41-42,48-50,56-68H2,1-7H3,(H,117,129)(H,118,136)(H,119,137)/b27-19+,69-20+,95-40-/t70?,71-,79+,80+,87?,88?,89?,94-,96+,97-,103-,104+,105-,109-,110-/m0/s1. The van der Waals surface area contributed by atoms with Gasteiger partial charge in [0.25, 0.3) is 5.91 Å². The molecule has 0 radical (unpaired) electrons. The number of hydrogen-bond donors (Lipinski definition) is 7. The number of phenolic OH excluding ortho intramolecular Hbond substituents is 1. The van der Waals surface area contributed by atoms with Crippen LogP contribution in [0.4, 0.5) is 21.0 Å². The lowest BCUT2D eigenvalue weighted by Crippen LogP contribution is -2.63. The largest absolute Gasteiger partial charge is 0.506 e. The Morgan fingerprint density at radius 3 is 1.98 bits per heavy atom. The Hall–Kier alpha value is -13.6. The Morgan fingerprint density at radius 2 is 1.37 bits per heavy atom. The number of benzene rings is 5. The molecule has 0 spiro atoms. The first kappa shape index (κ1) is 104. The van der Waals surface area contributed by atoms with Crippen molar-refractivity contribution in [3.63, 3.8) is 0 Å². The number of aromatic nitrogens is 7. The van der Waals surface area contributed by atoms with Crippen LogP contribution in [0.3, 0.4) is 0 Å². The summed E-state index contributed by atoms with van der Waals surface area (Å²) in [4.78, 5) is 132. The van der Waals surface area contributed by atoms with E-state index in [2.05, 4.69) is 48.2 Å². The van der Waals surface area contributed by atoms with Crippen molar-refractivity contribution in [3.05, 3.63) is 304 Å². The number of aromatic hydroxyl groups is 1. The molecule has 3 aliphatic heterocycles. The second-order valence-electron chi connectivity index (χ2n) is 38.7. The molecule has 3 aliphatic carbocycles. The molecule has 4 unspecified atom stereocenters. The summed E-state index contributed by atoms with van der Waals surface area (Å²) in [6, 6.07) is 58.5. The SMILES string of the molecule is CO[C@@H]1/C=C/C=C(\C)Cc2cc(O)c(Cl)c(c2)N(C)C(=O)C[C@H](OC(=O)[C@H](C)N(C)C(=O)CCS/C(=C\C#N)c2ccc(NC(=O)OCC3C4CCc5nnn(C[C@H]6C[C@H](CC(=O)NCCC(=O)N(Cc7ccc(-c8ccccc8)cc7)Oc7cc(CN(Cc8ccccn8)Cc8ccccn8)cc(CN(Cc8ccccn8)Cc8ccccn8)c7)[C@H](O)[C@@H]6O)c5CCC43)cc2)[C@]2(C)O[C@H]2C(C)[C@@H]2C[C@@]1(O)NC(=O)O2. The number of likely N-dealkylation sites (N-methyl/N-ethyl adjacent to an activating group) is 1. The van der Waals surface area contributed by atoms with Gasteiger partial charge < -0.3 is 64.1 Å². The van der Waals surface area contributed by atoms with Gasteiger partial charge in [-0.1, -0.05) is 145 Å². The van der Waals surface area contributed by atoms with E-state index in [-0.39, 0.29) is 97.8 Å². The third-order valence-electron chi connectivity index (χ3n) is 28.4. The summed E-state index contributed by atoms with van der Waals surface area (Å²) in [6.45, 7) is 10.2. The van der Waals surface area contributed by atoms with Gasteiger partial charge in [0.15, 0.2) is 11.5 Å². The first-order valence-corrected chi connectivity index (χ1v) is 50.5. The smallest absolute Gasteiger partial charge is 0.411 e. The van der Waals surface area contributed by atoms with Crippen LogP contribution in [-0.4, -0.2) is 211 Å². The molecule has 2 saturated carbocycles. The van der Waals surface area contributed by atoms with Gasteiger partial charge in [-0.3, -0.25) is 59.5 Å². The number of thioether (sulfide) groups is 1. The van der Waals surface area contributed by atoms with Crippen LogP contribution < -0.4 is 25.7 Å². The fourth-order valence-corrected chi connectivity index (χ4v) is 21.4. The number of amides is 6. The molecule has 6 aliphatic rings. The monoisotopic (exact) mass is 2010 g/mol. The molecule has 15 atom stereocenters. The molecule has 6 amide bonds. The summed E-state index contributed by atoms with van der Waals surface area (Å²) in [5.41, 5.74) is 9.44. The number of esters is 1. The van der Waals surface area contributed by atoms with Crippen LogP contribution in [0.15, 0.2) is 237 Å². The van der Waals surface area contributed by atoms with Crippen LogP contribution in [0.2, 0.25) is 5.02 Å². The van der Waals surface area contributed by atoms with Gasteiger partial charge in [-0.05, 0) is 207 Å². The highest BCUT2D eigenvalue weighted by atomic mass is 35.5. The second-order valence-corrected chi connectivity index (χ2v) is 40.2. The number of carbonyl (C=O) groups excluding carboxylic acids is 7. The van der Waals surface area contributed by atoms with Crippen LogP contribution >= 0.6 is 23.4 Å². The van der Waals surface area contributed by atoms with Crippen LogP contribution in [0.1, 0.15) is 141 Å². The first-order chi connectivity index (χ1) is 70.0. The van der Waals surface area contributed by atoms with Gasteiger partial charge in [0.2, 0.25) is 17.7 Å². The molecule has 145 heavy (non-hydrogen) atoms. The summed E-state index contributed by atoms with van der Waals surface area (Å²) in [7, 11) is 4.33. The fraction of sp³-hybridized carbons (Fsp3) is 0.400. The van der Waals surface area contributed by atoms with Crippen molar-refractivity contribution in [1.29, 1.82) is 5.26 Å². The Kier molecular flexibility index (Phi) is 34.5. The fourth-order valence-electron chi connectivity index (χ4n) is 20.2. The lowest BCUT2D eigenvalue weighted by molar-refractivity contribution is -0.162. The molecule has 758 valence electrons. The average Bonchev–Trinajstić information content (AvgIpc) is 1.57. The van der Waals surface area contributed by atoms with E-state index in [0.717, 1.165) is 80.4 Å². The highest BCUT2D eigenvalue weighted by Gasteiger charge is 2.65. The molecule has 4 bridgehead atoms. The van der Waals surface area contributed by atoms with E-state index in [1.54, 1.807) is 87.2 Å². The first-order valence-electron chi connectivity index (χ1n) is 49.1. The van der Waals surface area contributed by atoms with Gasteiger partial charge in [-0.25, -0.2) is 19.1 Å². The molecule has 5 aromatic heterocycles. The number of nitriles is 1. The number of fused-ring (bicyclic) bond motifs is 7. The van der Waals surface area contributed by atoms with Crippen molar-refractivity contribution in [3.8, 4) is 28.7 Å². The van der Waals surface area contributed by atoms with E-state index in [1.165, 1.54) is 66.9 Å². The summed E-state index contributed by atoms with van der Waals surface area (Å²) < 4.78 is 31.7. The molecule has 33 nitrogen and oxygen atoms in total. The second kappa shape index (κ2) is 47.9. The number of hydrogen-bond acceptors (Lipinski definition) is 27. The third-order valence-corrected chi connectivity index (χ3v) is 29.8. The van der Waals surface area contributed by atoms with Crippen LogP contribution in [0.25, 0.3) is 16.0 Å². The summed E-state index contributed by atoms with van der Waals surface area (Å²) >= 11 is 7.91. The summed E-state index contributed by atoms with van der Waals surface area (Å²) in [5, 5.41) is 74.9. The highest BCUT2D eigenvalue weighted by Crippen LogP contribution is 2.54. The van der Waals surface area contributed by atoms with E-state index in [4.69, 9.17) is 60.1 Å². The number of methoxy groups -OCH3 is 1. The van der Waals surface area contributed by atoms with Crippen molar-refractivity contribution in [2.75, 3.05) is 50.3 Å². The number of allylic oxidation sites excluding steroid dienone is 4. The van der Waals surface area contributed by atoms with Gasteiger partial charge in [0, 0.05) is 158 Å². The summed E-state index contributed by atoms with van der Waals surface area (Å²) in [5.74, 6) is -3.28. The maximum Gasteiger partial charge on any atom is 0.411 e. The zero-order valence-corrected chi connectivity index (χ0v) is 83.8. The number of aryl methyl sites for hydroxylation is 1. The van der Waals surface area contributed by atoms with E-state index in [1.807, 2.05) is 151 Å². The molecule has 8 heterocycles. The third kappa shape index (κ3) is 27.0. The number of aliphatic hydroxyl groups excluding tert-OH is 2. The zero-order chi connectivity index (χ0) is 102. The molecular weight excluding hydrogens is 1880 g/mol. The van der Waals surface area contributed by atoms with Crippen LogP contribution in [-0.2, 0) is 119 Å².